The second-order valence-corrected chi connectivity index (χ2v) is 6.97. The molecule has 3 heterocycles. The van der Waals surface area contributed by atoms with E-state index in [9.17, 15) is 9.59 Å². The summed E-state index contributed by atoms with van der Waals surface area (Å²) < 4.78 is 1.73. The van der Waals surface area contributed by atoms with Gasteiger partial charge in [-0.2, -0.15) is 5.10 Å². The third-order valence-electron chi connectivity index (χ3n) is 5.14. The highest BCUT2D eigenvalue weighted by Crippen LogP contribution is 2.33. The standard InChI is InChI=1S/C19H21N5O2/c1-23-8-14(7-21-23)15-10-24(11-16(15)18(20)25)9-13-6-12-4-2-3-5-17(12)22-19(13)26/h2-8,15-16H,9-11H2,1H3,(H2,20,25)(H,22,26)/t15-,16+/m1/s1. The smallest absolute Gasteiger partial charge is 0.252 e. The summed E-state index contributed by atoms with van der Waals surface area (Å²) in [6, 6.07) is 9.63. The molecule has 0 radical (unpaired) electrons. The quantitative estimate of drug-likeness (QED) is 0.732. The number of hydrogen-bond acceptors (Lipinski definition) is 4. The maximum absolute atomic E-state index is 12.4. The van der Waals surface area contributed by atoms with Crippen molar-refractivity contribution in [3.63, 3.8) is 0 Å². The highest BCUT2D eigenvalue weighted by molar-refractivity contribution is 5.79. The number of aryl methyl sites for hydroxylation is 1. The Morgan fingerprint density at radius 1 is 1.35 bits per heavy atom. The molecule has 0 spiro atoms. The van der Waals surface area contributed by atoms with Crippen LogP contribution in [-0.4, -0.2) is 38.7 Å². The van der Waals surface area contributed by atoms with Crippen LogP contribution >= 0.6 is 0 Å². The van der Waals surface area contributed by atoms with Gasteiger partial charge >= 0.3 is 0 Å². The minimum absolute atomic E-state index is 0.000683. The predicted octanol–water partition coefficient (Wildman–Crippen LogP) is 0.962. The molecule has 2 atom stereocenters. The largest absolute Gasteiger partial charge is 0.369 e. The van der Waals surface area contributed by atoms with Crippen LogP contribution in [-0.2, 0) is 18.4 Å². The monoisotopic (exact) mass is 351 g/mol. The summed E-state index contributed by atoms with van der Waals surface area (Å²) in [5.41, 5.74) is 8.06. The number of pyridine rings is 1. The fourth-order valence-electron chi connectivity index (χ4n) is 3.82. The molecule has 3 N–H and O–H groups in total. The van der Waals surface area contributed by atoms with Crippen LogP contribution in [0, 0.1) is 5.92 Å². The zero-order valence-electron chi connectivity index (χ0n) is 14.6. The highest BCUT2D eigenvalue weighted by Gasteiger charge is 2.38. The zero-order valence-corrected chi connectivity index (χ0v) is 14.6. The van der Waals surface area contributed by atoms with E-state index in [1.54, 1.807) is 10.9 Å². The van der Waals surface area contributed by atoms with Crippen molar-refractivity contribution < 1.29 is 4.79 Å². The summed E-state index contributed by atoms with van der Waals surface area (Å²) in [6.07, 6.45) is 3.71. The normalized spacial score (nSPS) is 20.7. The van der Waals surface area contributed by atoms with Crippen LogP contribution in [0.15, 0.2) is 47.5 Å². The van der Waals surface area contributed by atoms with E-state index in [1.807, 2.05) is 43.6 Å². The molecule has 0 saturated carbocycles. The van der Waals surface area contributed by atoms with E-state index in [0.29, 0.717) is 25.2 Å². The van der Waals surface area contributed by atoms with Gasteiger partial charge in [0.25, 0.3) is 5.56 Å². The molecule has 2 aromatic heterocycles. The van der Waals surface area contributed by atoms with Crippen molar-refractivity contribution in [3.8, 4) is 0 Å². The Kier molecular flexibility index (Phi) is 4.08. The molecule has 7 nitrogen and oxygen atoms in total. The van der Waals surface area contributed by atoms with Gasteiger partial charge in [-0.05, 0) is 23.1 Å². The van der Waals surface area contributed by atoms with Gasteiger partial charge in [0, 0.05) is 49.9 Å². The number of para-hydroxylation sites is 1. The SMILES string of the molecule is Cn1cc([C@H]2CN(Cc3cc4ccccc4[nH]c3=O)C[C@@H]2C(N)=O)cn1. The number of amides is 1. The molecule has 1 aromatic carbocycles. The Labute approximate surface area is 150 Å². The summed E-state index contributed by atoms with van der Waals surface area (Å²) in [4.78, 5) is 29.4. The molecule has 1 amide bonds. The number of aromatic amines is 1. The second kappa shape index (κ2) is 6.42. The average molecular weight is 351 g/mol. The first-order valence-corrected chi connectivity index (χ1v) is 8.62. The molecule has 0 aliphatic carbocycles. The minimum atomic E-state index is -0.311. The summed E-state index contributed by atoms with van der Waals surface area (Å²) in [7, 11) is 1.85. The molecule has 0 bridgehead atoms. The average Bonchev–Trinajstić information content (AvgIpc) is 3.22. The third-order valence-corrected chi connectivity index (χ3v) is 5.14. The molecule has 1 saturated heterocycles. The van der Waals surface area contributed by atoms with Gasteiger partial charge in [-0.15, -0.1) is 0 Å². The van der Waals surface area contributed by atoms with Gasteiger partial charge in [0.1, 0.15) is 0 Å². The molecule has 1 aliphatic heterocycles. The minimum Gasteiger partial charge on any atom is -0.369 e. The summed E-state index contributed by atoms with van der Waals surface area (Å²) in [5, 5.41) is 5.20. The van der Waals surface area contributed by atoms with E-state index in [0.717, 1.165) is 16.5 Å². The number of aromatic nitrogens is 3. The molecular formula is C19H21N5O2. The van der Waals surface area contributed by atoms with Gasteiger partial charge in [-0.25, -0.2) is 0 Å². The van der Waals surface area contributed by atoms with E-state index in [2.05, 4.69) is 15.0 Å². The van der Waals surface area contributed by atoms with Gasteiger partial charge < -0.3 is 10.7 Å². The van der Waals surface area contributed by atoms with E-state index >= 15 is 0 Å². The number of rotatable bonds is 4. The van der Waals surface area contributed by atoms with Crippen molar-refractivity contribution in [2.45, 2.75) is 12.5 Å². The van der Waals surface area contributed by atoms with E-state index in [1.165, 1.54) is 0 Å². The van der Waals surface area contributed by atoms with Gasteiger partial charge in [-0.1, -0.05) is 18.2 Å². The first-order valence-electron chi connectivity index (χ1n) is 8.62. The Hall–Kier alpha value is -2.93. The number of fused-ring (bicyclic) bond motifs is 1. The summed E-state index contributed by atoms with van der Waals surface area (Å²) in [6.45, 7) is 1.70. The summed E-state index contributed by atoms with van der Waals surface area (Å²) >= 11 is 0. The lowest BCUT2D eigenvalue weighted by atomic mass is 9.90. The van der Waals surface area contributed by atoms with E-state index < -0.39 is 0 Å². The van der Waals surface area contributed by atoms with Crippen molar-refractivity contribution in [3.05, 3.63) is 64.2 Å². The Morgan fingerprint density at radius 3 is 2.88 bits per heavy atom. The maximum Gasteiger partial charge on any atom is 0.252 e. The van der Waals surface area contributed by atoms with Crippen LogP contribution in [0.2, 0.25) is 0 Å². The molecule has 26 heavy (non-hydrogen) atoms. The predicted molar refractivity (Wildman–Crippen MR) is 98.5 cm³/mol. The van der Waals surface area contributed by atoms with Crippen LogP contribution in [0.3, 0.4) is 0 Å². The van der Waals surface area contributed by atoms with Crippen molar-refractivity contribution in [1.82, 2.24) is 19.7 Å². The van der Waals surface area contributed by atoms with Crippen LogP contribution in [0.5, 0.6) is 0 Å². The lowest BCUT2D eigenvalue weighted by Crippen LogP contribution is -2.30. The molecule has 134 valence electrons. The van der Waals surface area contributed by atoms with Gasteiger partial charge in [0.2, 0.25) is 5.91 Å². The fraction of sp³-hybridized carbons (Fsp3) is 0.316. The number of nitrogens with two attached hydrogens (primary N) is 1. The van der Waals surface area contributed by atoms with Crippen molar-refractivity contribution in [1.29, 1.82) is 0 Å². The number of nitrogens with one attached hydrogen (secondary N) is 1. The molecule has 1 fully saturated rings. The number of nitrogens with zero attached hydrogens (tertiary/aromatic N) is 3. The summed E-state index contributed by atoms with van der Waals surface area (Å²) in [5.74, 6) is -0.590. The van der Waals surface area contributed by atoms with Crippen LogP contribution in [0.25, 0.3) is 10.9 Å². The number of likely N-dealkylation sites (tertiary alicyclic amines) is 1. The zero-order chi connectivity index (χ0) is 18.3. The Morgan fingerprint density at radius 2 is 2.15 bits per heavy atom. The lowest BCUT2D eigenvalue weighted by molar-refractivity contribution is -0.121. The third kappa shape index (κ3) is 3.01. The molecule has 4 rings (SSSR count). The van der Waals surface area contributed by atoms with Crippen molar-refractivity contribution in [2.24, 2.45) is 18.7 Å². The highest BCUT2D eigenvalue weighted by atomic mass is 16.1. The molecule has 1 aliphatic rings. The molecule has 0 unspecified atom stereocenters. The Bertz CT molecular complexity index is 1020. The first kappa shape index (κ1) is 16.5. The number of carbonyl (C=O) groups excluding carboxylic acids is 1. The number of benzene rings is 1. The molecule has 7 heteroatoms. The van der Waals surface area contributed by atoms with Gasteiger partial charge in [0.05, 0.1) is 12.1 Å². The topological polar surface area (TPSA) is 97.0 Å². The number of primary amides is 1. The maximum atomic E-state index is 12.4. The van der Waals surface area contributed by atoms with Crippen LogP contribution in [0.1, 0.15) is 17.0 Å². The number of H-pyrrole nitrogens is 1. The van der Waals surface area contributed by atoms with Gasteiger partial charge in [0.15, 0.2) is 0 Å². The molecular weight excluding hydrogens is 330 g/mol. The van der Waals surface area contributed by atoms with Crippen LogP contribution < -0.4 is 11.3 Å². The number of carbonyl (C=O) groups is 1. The molecule has 3 aromatic rings. The van der Waals surface area contributed by atoms with E-state index in [4.69, 9.17) is 5.73 Å². The second-order valence-electron chi connectivity index (χ2n) is 6.97. The Balaban J connectivity index is 1.60. The van der Waals surface area contributed by atoms with Crippen LogP contribution in [0.4, 0.5) is 0 Å². The number of hydrogen-bond donors (Lipinski definition) is 2. The van der Waals surface area contributed by atoms with E-state index in [-0.39, 0.29) is 23.3 Å². The van der Waals surface area contributed by atoms with Crippen molar-refractivity contribution >= 4 is 16.8 Å². The van der Waals surface area contributed by atoms with Gasteiger partial charge in [-0.3, -0.25) is 19.2 Å². The lowest BCUT2D eigenvalue weighted by Gasteiger charge is -2.15. The van der Waals surface area contributed by atoms with Crippen molar-refractivity contribution in [2.75, 3.05) is 13.1 Å². The fourth-order valence-corrected chi connectivity index (χ4v) is 3.82. The first-order chi connectivity index (χ1) is 12.5.